The van der Waals surface area contributed by atoms with Gasteiger partial charge < -0.3 is 15.0 Å². The van der Waals surface area contributed by atoms with Gasteiger partial charge in [0, 0.05) is 18.8 Å². The van der Waals surface area contributed by atoms with E-state index >= 15 is 0 Å². The molecular weight excluding hydrogens is 372 g/mol. The Morgan fingerprint density at radius 2 is 1.77 bits per heavy atom. The van der Waals surface area contributed by atoms with Gasteiger partial charge >= 0.3 is 0 Å². The summed E-state index contributed by atoms with van der Waals surface area (Å²) in [5.74, 6) is 1.77. The van der Waals surface area contributed by atoms with Gasteiger partial charge in [0.25, 0.3) is 5.91 Å². The van der Waals surface area contributed by atoms with Gasteiger partial charge in [-0.25, -0.2) is 0 Å². The molecule has 0 unspecified atom stereocenters. The zero-order valence-corrected chi connectivity index (χ0v) is 19.0. The number of nitrogens with one attached hydrogen (secondary N) is 1. The highest BCUT2D eigenvalue weighted by molar-refractivity contribution is 5.81. The third-order valence-electron chi connectivity index (χ3n) is 5.99. The summed E-state index contributed by atoms with van der Waals surface area (Å²) in [5, 5.41) is 3.09. The molecule has 3 atom stereocenters. The standard InChI is InChI=1S/C26H36N2O2/c1-18(2)24-10-6-7-11-25(24)30-21(5)26(29)27-20(4)22-12-14-23(15-13-22)28-16-8-9-19(3)17-28/h6-7,10-15,18-21H,8-9,16-17H2,1-5H3,(H,27,29)/t19-,20-,21+/m1/s1. The minimum absolute atomic E-state index is 0.0711. The number of rotatable bonds is 7. The van der Waals surface area contributed by atoms with Crippen molar-refractivity contribution in [3.63, 3.8) is 0 Å². The van der Waals surface area contributed by atoms with E-state index in [4.69, 9.17) is 4.74 Å². The summed E-state index contributed by atoms with van der Waals surface area (Å²) >= 11 is 0. The van der Waals surface area contributed by atoms with Crippen molar-refractivity contribution in [3.05, 3.63) is 59.7 Å². The lowest BCUT2D eigenvalue weighted by Crippen LogP contribution is -2.38. The summed E-state index contributed by atoms with van der Waals surface area (Å²) in [4.78, 5) is 15.2. The molecule has 0 spiro atoms. The molecular formula is C26H36N2O2. The van der Waals surface area contributed by atoms with Crippen LogP contribution in [-0.4, -0.2) is 25.1 Å². The van der Waals surface area contributed by atoms with Gasteiger partial charge in [-0.15, -0.1) is 0 Å². The molecule has 2 aromatic rings. The van der Waals surface area contributed by atoms with Gasteiger partial charge in [0.2, 0.25) is 0 Å². The van der Waals surface area contributed by atoms with Crippen LogP contribution < -0.4 is 15.0 Å². The average Bonchev–Trinajstić information content (AvgIpc) is 2.74. The molecule has 0 saturated carbocycles. The minimum Gasteiger partial charge on any atom is -0.481 e. The third kappa shape index (κ3) is 5.56. The molecule has 30 heavy (non-hydrogen) atoms. The van der Waals surface area contributed by atoms with E-state index in [2.05, 4.69) is 61.3 Å². The van der Waals surface area contributed by atoms with E-state index in [-0.39, 0.29) is 11.9 Å². The van der Waals surface area contributed by atoms with Crippen molar-refractivity contribution in [1.82, 2.24) is 5.32 Å². The second-order valence-corrected chi connectivity index (χ2v) is 8.97. The molecule has 0 aliphatic carbocycles. The number of hydrogen-bond acceptors (Lipinski definition) is 3. The molecule has 1 amide bonds. The zero-order valence-electron chi connectivity index (χ0n) is 19.0. The number of para-hydroxylation sites is 1. The normalized spacial score (nSPS) is 18.7. The van der Waals surface area contributed by atoms with Crippen molar-refractivity contribution in [3.8, 4) is 5.75 Å². The van der Waals surface area contributed by atoms with Gasteiger partial charge in [-0.05, 0) is 67.9 Å². The molecule has 4 heteroatoms. The average molecular weight is 409 g/mol. The van der Waals surface area contributed by atoms with Crippen LogP contribution in [0.3, 0.4) is 0 Å². The highest BCUT2D eigenvalue weighted by atomic mass is 16.5. The Bertz CT molecular complexity index is 831. The lowest BCUT2D eigenvalue weighted by molar-refractivity contribution is -0.127. The van der Waals surface area contributed by atoms with Gasteiger partial charge in [-0.1, -0.05) is 51.1 Å². The van der Waals surface area contributed by atoms with Crippen LogP contribution in [-0.2, 0) is 4.79 Å². The van der Waals surface area contributed by atoms with Crippen molar-refractivity contribution in [2.24, 2.45) is 5.92 Å². The predicted molar refractivity (Wildman–Crippen MR) is 124 cm³/mol. The minimum atomic E-state index is -0.554. The molecule has 1 saturated heterocycles. The molecule has 4 nitrogen and oxygen atoms in total. The van der Waals surface area contributed by atoms with Gasteiger partial charge in [-0.2, -0.15) is 0 Å². The molecule has 1 aliphatic rings. The van der Waals surface area contributed by atoms with E-state index in [9.17, 15) is 4.79 Å². The number of hydrogen-bond donors (Lipinski definition) is 1. The fourth-order valence-electron chi connectivity index (χ4n) is 4.12. The van der Waals surface area contributed by atoms with E-state index in [0.29, 0.717) is 5.92 Å². The molecule has 0 aromatic heterocycles. The molecule has 1 heterocycles. The molecule has 0 bridgehead atoms. The van der Waals surface area contributed by atoms with E-state index < -0.39 is 6.10 Å². The number of anilines is 1. The summed E-state index contributed by atoms with van der Waals surface area (Å²) in [6.07, 6.45) is 2.02. The van der Waals surface area contributed by atoms with Crippen LogP contribution in [0.2, 0.25) is 0 Å². The first-order valence-electron chi connectivity index (χ1n) is 11.3. The Labute approximate surface area is 181 Å². The topological polar surface area (TPSA) is 41.6 Å². The first-order valence-corrected chi connectivity index (χ1v) is 11.3. The largest absolute Gasteiger partial charge is 0.481 e. The molecule has 1 aliphatic heterocycles. The Kier molecular flexibility index (Phi) is 7.41. The molecule has 162 valence electrons. The first-order chi connectivity index (χ1) is 14.3. The van der Waals surface area contributed by atoms with Crippen molar-refractivity contribution < 1.29 is 9.53 Å². The van der Waals surface area contributed by atoms with E-state index in [1.54, 1.807) is 6.92 Å². The smallest absolute Gasteiger partial charge is 0.261 e. The fraction of sp³-hybridized carbons (Fsp3) is 0.500. The van der Waals surface area contributed by atoms with Gasteiger partial charge in [0.1, 0.15) is 5.75 Å². The monoisotopic (exact) mass is 408 g/mol. The number of ether oxygens (including phenoxy) is 1. The highest BCUT2D eigenvalue weighted by Gasteiger charge is 2.20. The number of benzene rings is 2. The van der Waals surface area contributed by atoms with Crippen LogP contribution >= 0.6 is 0 Å². The maximum Gasteiger partial charge on any atom is 0.261 e. The van der Waals surface area contributed by atoms with Crippen LogP contribution in [0, 0.1) is 5.92 Å². The van der Waals surface area contributed by atoms with E-state index in [0.717, 1.165) is 35.9 Å². The summed E-state index contributed by atoms with van der Waals surface area (Å²) < 4.78 is 6.00. The fourth-order valence-corrected chi connectivity index (χ4v) is 4.12. The van der Waals surface area contributed by atoms with Crippen LogP contribution in [0.25, 0.3) is 0 Å². The van der Waals surface area contributed by atoms with Gasteiger partial charge in [0.05, 0.1) is 6.04 Å². The second kappa shape index (κ2) is 10.0. The molecule has 1 N–H and O–H groups in total. The summed E-state index contributed by atoms with van der Waals surface area (Å²) in [7, 11) is 0. The summed E-state index contributed by atoms with van der Waals surface area (Å²) in [5.41, 5.74) is 3.49. The maximum absolute atomic E-state index is 12.7. The number of piperidine rings is 1. The predicted octanol–water partition coefficient (Wildman–Crippen LogP) is 5.69. The van der Waals surface area contributed by atoms with Crippen molar-refractivity contribution in [1.29, 1.82) is 0 Å². The van der Waals surface area contributed by atoms with E-state index in [1.807, 2.05) is 25.1 Å². The third-order valence-corrected chi connectivity index (χ3v) is 5.99. The lowest BCUT2D eigenvalue weighted by Gasteiger charge is -2.33. The van der Waals surface area contributed by atoms with Crippen molar-refractivity contribution >= 4 is 11.6 Å². The number of carbonyl (C=O) groups excluding carboxylic acids is 1. The highest BCUT2D eigenvalue weighted by Crippen LogP contribution is 2.27. The van der Waals surface area contributed by atoms with Gasteiger partial charge in [0.15, 0.2) is 6.10 Å². The molecule has 3 rings (SSSR count). The van der Waals surface area contributed by atoms with Crippen LogP contribution in [0.15, 0.2) is 48.5 Å². The lowest BCUT2D eigenvalue weighted by atomic mass is 9.99. The number of carbonyl (C=O) groups is 1. The number of nitrogens with zero attached hydrogens (tertiary/aromatic N) is 1. The maximum atomic E-state index is 12.7. The molecule has 0 radical (unpaired) electrons. The van der Waals surface area contributed by atoms with Crippen LogP contribution in [0.1, 0.15) is 70.5 Å². The van der Waals surface area contributed by atoms with E-state index in [1.165, 1.54) is 18.5 Å². The summed E-state index contributed by atoms with van der Waals surface area (Å²) in [6.45, 7) is 12.7. The second-order valence-electron chi connectivity index (χ2n) is 8.97. The SMILES string of the molecule is CC(C)c1ccccc1O[C@@H](C)C(=O)N[C@H](C)c1ccc(N2CCC[C@@H](C)C2)cc1. The Hall–Kier alpha value is -2.49. The van der Waals surface area contributed by atoms with Gasteiger partial charge in [-0.3, -0.25) is 4.79 Å². The molecule has 1 fully saturated rings. The Morgan fingerprint density at radius 3 is 2.43 bits per heavy atom. The number of amides is 1. The van der Waals surface area contributed by atoms with Crippen molar-refractivity contribution in [2.45, 2.75) is 65.5 Å². The Balaban J connectivity index is 1.58. The van der Waals surface area contributed by atoms with Crippen LogP contribution in [0.4, 0.5) is 5.69 Å². The summed E-state index contributed by atoms with van der Waals surface area (Å²) in [6, 6.07) is 16.5. The van der Waals surface area contributed by atoms with Crippen molar-refractivity contribution in [2.75, 3.05) is 18.0 Å². The molecule has 2 aromatic carbocycles. The quantitative estimate of drug-likeness (QED) is 0.640. The zero-order chi connectivity index (χ0) is 21.7. The first kappa shape index (κ1) is 22.2. The van der Waals surface area contributed by atoms with Crippen LogP contribution in [0.5, 0.6) is 5.75 Å². The Morgan fingerprint density at radius 1 is 1.07 bits per heavy atom.